The van der Waals surface area contributed by atoms with Crippen molar-refractivity contribution in [3.63, 3.8) is 0 Å². The number of fused-ring (bicyclic) bond motifs is 1. The summed E-state index contributed by atoms with van der Waals surface area (Å²) in [5.74, 6) is 5.13. The van der Waals surface area contributed by atoms with Crippen molar-refractivity contribution in [1.82, 2.24) is 10.3 Å². The van der Waals surface area contributed by atoms with Crippen LogP contribution >= 0.6 is 0 Å². The van der Waals surface area contributed by atoms with E-state index in [1.165, 1.54) is 44.9 Å². The van der Waals surface area contributed by atoms with Gasteiger partial charge in [0.05, 0.1) is 11.2 Å². The summed E-state index contributed by atoms with van der Waals surface area (Å²) in [6.07, 6.45) is 9.95. The standard InChI is InChI=1S/C30H44N4O/c1-4-24(20(2)3)19-31-10-11-32-28-9-8-25-26(33-28)6-5-7-27(25)34-29(35)18-30-15-21-12-22(16-30)14-23(13-21)17-30/h5-9,20-24,31H,4,10-19H2,1-3H3,(H,32,33)(H,34,35). The highest BCUT2D eigenvalue weighted by molar-refractivity contribution is 6.01. The molecular weight excluding hydrogens is 432 g/mol. The van der Waals surface area contributed by atoms with E-state index < -0.39 is 0 Å². The molecule has 1 aromatic carbocycles. The molecule has 190 valence electrons. The molecular formula is C30H44N4O. The predicted octanol–water partition coefficient (Wildman–Crippen LogP) is 6.46. The first-order chi connectivity index (χ1) is 16.9. The lowest BCUT2D eigenvalue weighted by atomic mass is 9.49. The maximum absolute atomic E-state index is 13.2. The summed E-state index contributed by atoms with van der Waals surface area (Å²) < 4.78 is 0. The number of hydrogen-bond acceptors (Lipinski definition) is 4. The van der Waals surface area contributed by atoms with Gasteiger partial charge in [-0.1, -0.05) is 33.3 Å². The normalized spacial score (nSPS) is 27.9. The van der Waals surface area contributed by atoms with Gasteiger partial charge in [0.25, 0.3) is 0 Å². The summed E-state index contributed by atoms with van der Waals surface area (Å²) in [6.45, 7) is 9.69. The number of rotatable bonds is 11. The number of amides is 1. The van der Waals surface area contributed by atoms with E-state index >= 15 is 0 Å². The minimum atomic E-state index is 0.180. The van der Waals surface area contributed by atoms with Gasteiger partial charge in [-0.15, -0.1) is 0 Å². The number of carbonyl (C=O) groups is 1. The zero-order chi connectivity index (χ0) is 24.4. The second kappa shape index (κ2) is 10.5. The van der Waals surface area contributed by atoms with Gasteiger partial charge in [-0.2, -0.15) is 0 Å². The zero-order valence-corrected chi connectivity index (χ0v) is 21.9. The van der Waals surface area contributed by atoms with E-state index in [9.17, 15) is 4.79 Å². The molecule has 4 saturated carbocycles. The number of nitrogens with zero attached hydrogens (tertiary/aromatic N) is 1. The highest BCUT2D eigenvalue weighted by atomic mass is 16.1. The van der Waals surface area contributed by atoms with Gasteiger partial charge in [-0.3, -0.25) is 4.79 Å². The van der Waals surface area contributed by atoms with Crippen LogP contribution in [0.3, 0.4) is 0 Å². The van der Waals surface area contributed by atoms with E-state index in [4.69, 9.17) is 4.98 Å². The molecule has 5 nitrogen and oxygen atoms in total. The van der Waals surface area contributed by atoms with Crippen LogP contribution in [0.15, 0.2) is 30.3 Å². The fraction of sp³-hybridized carbons (Fsp3) is 0.667. The van der Waals surface area contributed by atoms with Crippen molar-refractivity contribution in [2.24, 2.45) is 35.0 Å². The van der Waals surface area contributed by atoms with E-state index in [1.807, 2.05) is 24.3 Å². The largest absolute Gasteiger partial charge is 0.369 e. The minimum absolute atomic E-state index is 0.180. The summed E-state index contributed by atoms with van der Waals surface area (Å²) in [4.78, 5) is 18.0. The molecule has 0 saturated heterocycles. The molecule has 4 fully saturated rings. The highest BCUT2D eigenvalue weighted by Gasteiger charge is 2.51. The summed E-state index contributed by atoms with van der Waals surface area (Å²) >= 11 is 0. The van der Waals surface area contributed by atoms with Gasteiger partial charge in [-0.05, 0) is 104 Å². The maximum atomic E-state index is 13.2. The van der Waals surface area contributed by atoms with Crippen LogP contribution in [-0.4, -0.2) is 30.5 Å². The van der Waals surface area contributed by atoms with Crippen molar-refractivity contribution < 1.29 is 4.79 Å². The van der Waals surface area contributed by atoms with Gasteiger partial charge in [0.1, 0.15) is 5.82 Å². The number of nitrogens with one attached hydrogen (secondary N) is 3. The topological polar surface area (TPSA) is 66.0 Å². The van der Waals surface area contributed by atoms with Gasteiger partial charge in [-0.25, -0.2) is 4.98 Å². The van der Waals surface area contributed by atoms with Crippen molar-refractivity contribution in [3.05, 3.63) is 30.3 Å². The van der Waals surface area contributed by atoms with Crippen LogP contribution in [0.1, 0.15) is 72.1 Å². The summed E-state index contributed by atoms with van der Waals surface area (Å²) in [5.41, 5.74) is 2.07. The molecule has 1 amide bonds. The number of carbonyl (C=O) groups excluding carboxylic acids is 1. The lowest BCUT2D eigenvalue weighted by Crippen LogP contribution is -2.47. The Hall–Kier alpha value is -2.14. The third-order valence-corrected chi connectivity index (χ3v) is 9.19. The third kappa shape index (κ3) is 5.66. The van der Waals surface area contributed by atoms with Crippen molar-refractivity contribution in [3.8, 4) is 0 Å². The predicted molar refractivity (Wildman–Crippen MR) is 146 cm³/mol. The van der Waals surface area contributed by atoms with Crippen molar-refractivity contribution >= 4 is 28.3 Å². The van der Waals surface area contributed by atoms with Gasteiger partial charge >= 0.3 is 0 Å². The van der Waals surface area contributed by atoms with E-state index in [-0.39, 0.29) is 11.3 Å². The fourth-order valence-electron chi connectivity index (χ4n) is 7.82. The molecule has 4 bridgehead atoms. The molecule has 2 aromatic rings. The third-order valence-electron chi connectivity index (χ3n) is 9.19. The number of anilines is 2. The summed E-state index contributed by atoms with van der Waals surface area (Å²) in [5, 5.41) is 11.3. The molecule has 3 N–H and O–H groups in total. The fourth-order valence-corrected chi connectivity index (χ4v) is 7.82. The Morgan fingerprint density at radius 1 is 1.03 bits per heavy atom. The van der Waals surface area contributed by atoms with E-state index in [0.29, 0.717) is 12.3 Å². The van der Waals surface area contributed by atoms with E-state index in [2.05, 4.69) is 42.8 Å². The van der Waals surface area contributed by atoms with Crippen LogP contribution in [0.2, 0.25) is 0 Å². The second-order valence-corrected chi connectivity index (χ2v) is 12.3. The summed E-state index contributed by atoms with van der Waals surface area (Å²) in [6, 6.07) is 10.2. The Morgan fingerprint density at radius 3 is 2.40 bits per heavy atom. The van der Waals surface area contributed by atoms with Gasteiger partial charge in [0.2, 0.25) is 5.91 Å². The molecule has 6 rings (SSSR count). The average molecular weight is 477 g/mol. The quantitative estimate of drug-likeness (QED) is 0.326. The Morgan fingerprint density at radius 2 is 1.74 bits per heavy atom. The molecule has 1 aromatic heterocycles. The van der Waals surface area contributed by atoms with Gasteiger partial charge in [0.15, 0.2) is 0 Å². The van der Waals surface area contributed by atoms with Crippen LogP contribution in [0.5, 0.6) is 0 Å². The number of benzene rings is 1. The highest BCUT2D eigenvalue weighted by Crippen LogP contribution is 2.61. The molecule has 1 atom stereocenters. The molecule has 0 aliphatic heterocycles. The number of aromatic nitrogens is 1. The molecule has 5 heteroatoms. The van der Waals surface area contributed by atoms with E-state index in [0.717, 1.165) is 65.7 Å². The Kier molecular flexibility index (Phi) is 7.34. The summed E-state index contributed by atoms with van der Waals surface area (Å²) in [7, 11) is 0. The first-order valence-corrected chi connectivity index (χ1v) is 14.1. The number of hydrogen-bond donors (Lipinski definition) is 3. The van der Waals surface area contributed by atoms with Crippen molar-refractivity contribution in [2.75, 3.05) is 30.3 Å². The van der Waals surface area contributed by atoms with Crippen molar-refractivity contribution in [2.45, 2.75) is 72.1 Å². The van der Waals surface area contributed by atoms with Crippen LogP contribution in [0, 0.1) is 35.0 Å². The van der Waals surface area contributed by atoms with Crippen LogP contribution in [0.25, 0.3) is 10.9 Å². The Bertz CT molecular complexity index is 997. The smallest absolute Gasteiger partial charge is 0.224 e. The average Bonchev–Trinajstić information content (AvgIpc) is 2.80. The van der Waals surface area contributed by atoms with Gasteiger partial charge in [0, 0.05) is 24.9 Å². The molecule has 0 radical (unpaired) electrons. The lowest BCUT2D eigenvalue weighted by Gasteiger charge is -2.56. The second-order valence-electron chi connectivity index (χ2n) is 12.3. The minimum Gasteiger partial charge on any atom is -0.369 e. The lowest BCUT2D eigenvalue weighted by molar-refractivity contribution is -0.124. The zero-order valence-electron chi connectivity index (χ0n) is 21.9. The van der Waals surface area contributed by atoms with Crippen LogP contribution in [0.4, 0.5) is 11.5 Å². The molecule has 35 heavy (non-hydrogen) atoms. The first-order valence-electron chi connectivity index (χ1n) is 14.1. The molecule has 1 heterocycles. The Labute approximate surface area is 211 Å². The SMILES string of the molecule is CCC(CNCCNc1ccc2c(NC(=O)CC34CC5CC(CC(C5)C3)C4)cccc2n1)C(C)C. The monoisotopic (exact) mass is 476 g/mol. The van der Waals surface area contributed by atoms with Crippen LogP contribution < -0.4 is 16.0 Å². The van der Waals surface area contributed by atoms with Crippen LogP contribution in [-0.2, 0) is 4.79 Å². The first kappa shape index (κ1) is 24.5. The maximum Gasteiger partial charge on any atom is 0.224 e. The van der Waals surface area contributed by atoms with Gasteiger partial charge < -0.3 is 16.0 Å². The molecule has 0 spiro atoms. The molecule has 4 aliphatic rings. The molecule has 1 unspecified atom stereocenters. The Balaban J connectivity index is 1.16. The van der Waals surface area contributed by atoms with Crippen molar-refractivity contribution in [1.29, 1.82) is 0 Å². The molecule has 4 aliphatic carbocycles. The van der Waals surface area contributed by atoms with E-state index in [1.54, 1.807) is 0 Å². The number of pyridine rings is 1.